The van der Waals surface area contributed by atoms with Gasteiger partial charge >= 0.3 is 17.9 Å². The molecule has 0 rings (SSSR count). The van der Waals surface area contributed by atoms with Crippen LogP contribution in [0.3, 0.4) is 0 Å². The summed E-state index contributed by atoms with van der Waals surface area (Å²) in [4.78, 5) is 37.9. The molecule has 0 aromatic carbocycles. The summed E-state index contributed by atoms with van der Waals surface area (Å²) in [5.41, 5.74) is 0. The van der Waals surface area contributed by atoms with Gasteiger partial charge in [-0.25, -0.2) is 0 Å². The standard InChI is InChI=1S/C67H108O6/c1-4-7-10-13-16-19-22-23-24-25-26-27-28-29-30-31-32-33-34-35-36-37-38-39-40-41-42-43-44-45-46-49-51-54-57-60-66(69)72-63-64(73-67(70)61-58-55-52-48-21-18-15-12-9-6-3)62-71-65(68)59-56-53-50-47-20-17-14-11-8-5-2/h7,10-12,14-16,19,23-24,26-27,29-30,32-33,35-36,38-39,41-42,64H,4-6,8-9,13,17-18,20-22,25,28,31,34,37,40,43-63H2,1-3H3/b10-7-,14-11-,15-12-,19-16-,24-23-,27-26-,30-29-,33-32-,36-35-,39-38-,42-41-. The predicted octanol–water partition coefficient (Wildman–Crippen LogP) is 20.2. The molecule has 0 radical (unpaired) electrons. The van der Waals surface area contributed by atoms with Gasteiger partial charge in [-0.3, -0.25) is 14.4 Å². The van der Waals surface area contributed by atoms with Gasteiger partial charge in [0.25, 0.3) is 0 Å². The van der Waals surface area contributed by atoms with Gasteiger partial charge in [-0.2, -0.15) is 0 Å². The van der Waals surface area contributed by atoms with E-state index in [-0.39, 0.29) is 31.1 Å². The number of ether oxygens (including phenoxy) is 3. The number of carbonyl (C=O) groups is 3. The van der Waals surface area contributed by atoms with E-state index in [4.69, 9.17) is 14.2 Å². The number of rotatable bonds is 52. The van der Waals surface area contributed by atoms with E-state index in [1.165, 1.54) is 51.4 Å². The van der Waals surface area contributed by atoms with Crippen LogP contribution in [-0.4, -0.2) is 37.2 Å². The van der Waals surface area contributed by atoms with Crippen molar-refractivity contribution in [3.63, 3.8) is 0 Å². The Hall–Kier alpha value is -4.45. The molecule has 0 amide bonds. The molecule has 0 N–H and O–H groups in total. The molecule has 0 heterocycles. The summed E-state index contributed by atoms with van der Waals surface area (Å²) in [6.45, 7) is 6.36. The van der Waals surface area contributed by atoms with Crippen LogP contribution in [0.2, 0.25) is 0 Å². The number of allylic oxidation sites excluding steroid dienone is 22. The number of hydrogen-bond donors (Lipinski definition) is 0. The van der Waals surface area contributed by atoms with Crippen LogP contribution >= 0.6 is 0 Å². The zero-order chi connectivity index (χ0) is 52.9. The highest BCUT2D eigenvalue weighted by Crippen LogP contribution is 2.14. The summed E-state index contributed by atoms with van der Waals surface area (Å²) in [7, 11) is 0. The summed E-state index contributed by atoms with van der Waals surface area (Å²) in [5.74, 6) is -0.930. The average Bonchev–Trinajstić information content (AvgIpc) is 3.39. The molecule has 0 aliphatic rings. The molecular weight excluding hydrogens is 901 g/mol. The first-order valence-electron chi connectivity index (χ1n) is 29.7. The zero-order valence-corrected chi connectivity index (χ0v) is 47.1. The highest BCUT2D eigenvalue weighted by atomic mass is 16.6. The Morgan fingerprint density at radius 3 is 0.849 bits per heavy atom. The van der Waals surface area contributed by atoms with Crippen LogP contribution in [0.4, 0.5) is 0 Å². The fourth-order valence-corrected chi connectivity index (χ4v) is 7.67. The normalized spacial score (nSPS) is 13.1. The first-order valence-corrected chi connectivity index (χ1v) is 29.7. The van der Waals surface area contributed by atoms with Gasteiger partial charge in [0, 0.05) is 19.3 Å². The second kappa shape index (κ2) is 60.1. The second-order valence-electron chi connectivity index (χ2n) is 19.2. The quantitative estimate of drug-likeness (QED) is 0.0261. The maximum atomic E-state index is 12.7. The molecule has 0 aliphatic heterocycles. The molecule has 412 valence electrons. The lowest BCUT2D eigenvalue weighted by atomic mass is 10.1. The highest BCUT2D eigenvalue weighted by Gasteiger charge is 2.19. The van der Waals surface area contributed by atoms with Crippen LogP contribution in [0.1, 0.15) is 252 Å². The van der Waals surface area contributed by atoms with E-state index in [1.54, 1.807) is 0 Å². The maximum absolute atomic E-state index is 12.7. The lowest BCUT2D eigenvalue weighted by Gasteiger charge is -2.18. The molecule has 0 aliphatic carbocycles. The zero-order valence-electron chi connectivity index (χ0n) is 47.1. The third-order valence-corrected chi connectivity index (χ3v) is 12.1. The minimum absolute atomic E-state index is 0.0918. The SMILES string of the molecule is CC/C=C\C/C=C\C/C=C\C/C=C\C/C=C\C/C=C\C/C=C\C/C=C\C/C=C\CCCCCCCCCC(=O)OCC(COC(=O)CCCCCCC/C=C\CCC)OC(=O)CCCCCCC/C=C\CCC. The van der Waals surface area contributed by atoms with E-state index in [0.717, 1.165) is 161 Å². The molecule has 0 bridgehead atoms. The molecule has 0 spiro atoms. The van der Waals surface area contributed by atoms with Crippen molar-refractivity contribution < 1.29 is 28.6 Å². The molecule has 0 aromatic heterocycles. The molecule has 1 unspecified atom stereocenters. The fraction of sp³-hybridized carbons (Fsp3) is 0.627. The number of hydrogen-bond acceptors (Lipinski definition) is 6. The molecule has 73 heavy (non-hydrogen) atoms. The number of esters is 3. The van der Waals surface area contributed by atoms with Crippen molar-refractivity contribution in [2.45, 2.75) is 258 Å². The molecular formula is C67H108O6. The highest BCUT2D eigenvalue weighted by molar-refractivity contribution is 5.71. The Morgan fingerprint density at radius 2 is 0.534 bits per heavy atom. The van der Waals surface area contributed by atoms with Gasteiger partial charge in [-0.1, -0.05) is 238 Å². The Bertz CT molecular complexity index is 1580. The Morgan fingerprint density at radius 1 is 0.288 bits per heavy atom. The summed E-state index contributed by atoms with van der Waals surface area (Å²) >= 11 is 0. The monoisotopic (exact) mass is 1010 g/mol. The Balaban J connectivity index is 4.15. The lowest BCUT2D eigenvalue weighted by Crippen LogP contribution is -2.30. The maximum Gasteiger partial charge on any atom is 0.306 e. The van der Waals surface area contributed by atoms with Crippen molar-refractivity contribution in [1.29, 1.82) is 0 Å². The third kappa shape index (κ3) is 58.3. The van der Waals surface area contributed by atoms with Crippen LogP contribution in [0.25, 0.3) is 0 Å². The van der Waals surface area contributed by atoms with Crippen LogP contribution in [0.5, 0.6) is 0 Å². The number of carbonyl (C=O) groups excluding carboxylic acids is 3. The van der Waals surface area contributed by atoms with E-state index in [2.05, 4.69) is 154 Å². The second-order valence-corrected chi connectivity index (χ2v) is 19.2. The molecule has 0 saturated heterocycles. The molecule has 0 saturated carbocycles. The van der Waals surface area contributed by atoms with Crippen LogP contribution < -0.4 is 0 Å². The first kappa shape index (κ1) is 68.6. The molecule has 0 fully saturated rings. The Labute approximate surface area is 449 Å². The van der Waals surface area contributed by atoms with Gasteiger partial charge < -0.3 is 14.2 Å². The molecule has 6 heteroatoms. The van der Waals surface area contributed by atoms with E-state index < -0.39 is 6.10 Å². The van der Waals surface area contributed by atoms with Crippen molar-refractivity contribution in [3.05, 3.63) is 134 Å². The van der Waals surface area contributed by atoms with E-state index in [0.29, 0.717) is 19.3 Å². The topological polar surface area (TPSA) is 78.9 Å². The summed E-state index contributed by atoms with van der Waals surface area (Å²) in [6.07, 6.45) is 84.7. The summed E-state index contributed by atoms with van der Waals surface area (Å²) in [5, 5.41) is 0. The minimum Gasteiger partial charge on any atom is -0.462 e. The van der Waals surface area contributed by atoms with Gasteiger partial charge in [0.2, 0.25) is 0 Å². The minimum atomic E-state index is -0.791. The fourth-order valence-electron chi connectivity index (χ4n) is 7.67. The van der Waals surface area contributed by atoms with Crippen LogP contribution in [0.15, 0.2) is 134 Å². The summed E-state index contributed by atoms with van der Waals surface area (Å²) in [6, 6.07) is 0. The van der Waals surface area contributed by atoms with Gasteiger partial charge in [-0.15, -0.1) is 0 Å². The Kier molecular flexibility index (Phi) is 56.4. The van der Waals surface area contributed by atoms with Crippen molar-refractivity contribution in [1.82, 2.24) is 0 Å². The van der Waals surface area contributed by atoms with Gasteiger partial charge in [-0.05, 0) is 128 Å². The van der Waals surface area contributed by atoms with Gasteiger partial charge in [0.1, 0.15) is 13.2 Å². The molecule has 6 nitrogen and oxygen atoms in total. The van der Waals surface area contributed by atoms with Crippen molar-refractivity contribution in [3.8, 4) is 0 Å². The summed E-state index contributed by atoms with van der Waals surface area (Å²) < 4.78 is 16.7. The largest absolute Gasteiger partial charge is 0.462 e. The van der Waals surface area contributed by atoms with E-state index in [1.807, 2.05) is 0 Å². The van der Waals surface area contributed by atoms with Crippen molar-refractivity contribution in [2.75, 3.05) is 13.2 Å². The van der Waals surface area contributed by atoms with E-state index >= 15 is 0 Å². The average molecular weight is 1010 g/mol. The number of unbranched alkanes of at least 4 members (excludes halogenated alkanes) is 19. The predicted molar refractivity (Wildman–Crippen MR) is 316 cm³/mol. The van der Waals surface area contributed by atoms with Crippen molar-refractivity contribution in [2.24, 2.45) is 0 Å². The van der Waals surface area contributed by atoms with Gasteiger partial charge in [0.15, 0.2) is 6.10 Å². The molecule has 1 atom stereocenters. The van der Waals surface area contributed by atoms with E-state index in [9.17, 15) is 14.4 Å². The van der Waals surface area contributed by atoms with Crippen LogP contribution in [-0.2, 0) is 28.6 Å². The first-order chi connectivity index (χ1) is 36.0. The lowest BCUT2D eigenvalue weighted by molar-refractivity contribution is -0.167. The smallest absolute Gasteiger partial charge is 0.306 e. The van der Waals surface area contributed by atoms with Gasteiger partial charge in [0.05, 0.1) is 0 Å². The van der Waals surface area contributed by atoms with Crippen LogP contribution in [0, 0.1) is 0 Å². The molecule has 0 aromatic rings. The van der Waals surface area contributed by atoms with Crippen molar-refractivity contribution >= 4 is 17.9 Å². The third-order valence-electron chi connectivity index (χ3n) is 12.1.